The van der Waals surface area contributed by atoms with E-state index in [9.17, 15) is 19.7 Å². The number of ether oxygens (including phenoxy) is 1. The molecule has 1 aliphatic rings. The van der Waals surface area contributed by atoms with E-state index in [0.29, 0.717) is 17.1 Å². The lowest BCUT2D eigenvalue weighted by Crippen LogP contribution is -2.45. The Labute approximate surface area is 210 Å². The van der Waals surface area contributed by atoms with Crippen LogP contribution in [-0.4, -0.2) is 34.8 Å². The third-order valence-electron chi connectivity index (χ3n) is 5.03. The summed E-state index contributed by atoms with van der Waals surface area (Å²) in [4.78, 5) is 36.7. The molecule has 0 spiro atoms. The van der Waals surface area contributed by atoms with Crippen LogP contribution in [0.1, 0.15) is 11.1 Å². The highest BCUT2D eigenvalue weighted by molar-refractivity contribution is 7.80. The van der Waals surface area contributed by atoms with Crippen molar-refractivity contribution >= 4 is 58.2 Å². The van der Waals surface area contributed by atoms with Crippen molar-refractivity contribution in [1.82, 2.24) is 5.43 Å². The standard InChI is InChI=1S/C24H20N6O5S/c1-15-5-4-7-17(11-15)27-24(36)29-20-10-9-18(12-21(20)35-14-22(29)31)26-23(32)28-25-13-16-6-2-3-8-19(16)30(33)34/h2-13H,14H2,1H3,(H,27,36)(H2,26,28,32)/b25-13+. The maximum absolute atomic E-state index is 12.6. The van der Waals surface area contributed by atoms with Gasteiger partial charge in [0, 0.05) is 23.5 Å². The van der Waals surface area contributed by atoms with Gasteiger partial charge < -0.3 is 15.4 Å². The van der Waals surface area contributed by atoms with Gasteiger partial charge in [0.15, 0.2) is 11.7 Å². The van der Waals surface area contributed by atoms with E-state index < -0.39 is 11.0 Å². The molecule has 0 unspecified atom stereocenters. The molecule has 4 rings (SSSR count). The Bertz CT molecular complexity index is 1390. The van der Waals surface area contributed by atoms with Crippen LogP contribution in [0.5, 0.6) is 5.75 Å². The Morgan fingerprint density at radius 2 is 1.89 bits per heavy atom. The fraction of sp³-hybridized carbons (Fsp3) is 0.0833. The normalized spacial score (nSPS) is 12.5. The molecule has 0 fully saturated rings. The fourth-order valence-electron chi connectivity index (χ4n) is 3.44. The number of amides is 3. The highest BCUT2D eigenvalue weighted by Gasteiger charge is 2.29. The van der Waals surface area contributed by atoms with E-state index in [1.807, 2.05) is 31.2 Å². The molecule has 1 aliphatic heterocycles. The van der Waals surface area contributed by atoms with Crippen molar-refractivity contribution in [2.24, 2.45) is 5.10 Å². The molecule has 0 radical (unpaired) electrons. The first-order valence-electron chi connectivity index (χ1n) is 10.6. The van der Waals surface area contributed by atoms with Crippen LogP contribution in [-0.2, 0) is 4.79 Å². The smallest absolute Gasteiger partial charge is 0.339 e. The number of urea groups is 1. The maximum atomic E-state index is 12.6. The van der Waals surface area contributed by atoms with E-state index in [2.05, 4.69) is 21.2 Å². The molecule has 11 nitrogen and oxygen atoms in total. The number of hydrogen-bond acceptors (Lipinski definition) is 7. The fourth-order valence-corrected chi connectivity index (χ4v) is 3.76. The van der Waals surface area contributed by atoms with Gasteiger partial charge in [-0.3, -0.25) is 19.8 Å². The maximum Gasteiger partial charge on any atom is 0.339 e. The zero-order valence-corrected chi connectivity index (χ0v) is 19.7. The van der Waals surface area contributed by atoms with Gasteiger partial charge in [-0.2, -0.15) is 5.10 Å². The highest BCUT2D eigenvalue weighted by atomic mass is 32.1. The number of hydrazone groups is 1. The second-order valence-electron chi connectivity index (χ2n) is 7.64. The van der Waals surface area contributed by atoms with Crippen LogP contribution in [0.4, 0.5) is 27.5 Å². The summed E-state index contributed by atoms with van der Waals surface area (Å²) >= 11 is 5.47. The summed E-state index contributed by atoms with van der Waals surface area (Å²) in [5.41, 5.74) is 4.95. The van der Waals surface area contributed by atoms with Crippen LogP contribution in [0.25, 0.3) is 0 Å². The summed E-state index contributed by atoms with van der Waals surface area (Å²) in [5.74, 6) is 0.0136. The van der Waals surface area contributed by atoms with Gasteiger partial charge in [0.05, 0.1) is 22.4 Å². The first kappa shape index (κ1) is 24.3. The number of aryl methyl sites for hydroxylation is 1. The summed E-state index contributed by atoms with van der Waals surface area (Å²) < 4.78 is 5.54. The van der Waals surface area contributed by atoms with Crippen molar-refractivity contribution in [2.45, 2.75) is 6.92 Å². The van der Waals surface area contributed by atoms with E-state index in [1.54, 1.807) is 24.3 Å². The lowest BCUT2D eigenvalue weighted by Gasteiger charge is -2.30. The first-order valence-corrected chi connectivity index (χ1v) is 11.0. The molecule has 0 atom stereocenters. The predicted molar refractivity (Wildman–Crippen MR) is 140 cm³/mol. The summed E-state index contributed by atoms with van der Waals surface area (Å²) in [6.07, 6.45) is 1.18. The number of fused-ring (bicyclic) bond motifs is 1. The summed E-state index contributed by atoms with van der Waals surface area (Å²) in [6, 6.07) is 17.6. The molecule has 1 heterocycles. The molecular formula is C24H20N6O5S. The molecule has 0 aromatic heterocycles. The molecule has 12 heteroatoms. The summed E-state index contributed by atoms with van der Waals surface area (Å²) in [5, 5.41) is 20.7. The minimum Gasteiger partial charge on any atom is -0.481 e. The number of carbonyl (C=O) groups is 2. The third kappa shape index (κ3) is 5.62. The molecule has 3 aromatic carbocycles. The molecule has 0 saturated heterocycles. The lowest BCUT2D eigenvalue weighted by atomic mass is 10.2. The van der Waals surface area contributed by atoms with Crippen LogP contribution in [0, 0.1) is 17.0 Å². The number of anilines is 3. The topological polar surface area (TPSA) is 138 Å². The Morgan fingerprint density at radius 1 is 1.11 bits per heavy atom. The highest BCUT2D eigenvalue weighted by Crippen LogP contribution is 2.35. The number of nitro groups is 1. The van der Waals surface area contributed by atoms with E-state index in [-0.39, 0.29) is 28.9 Å². The minimum atomic E-state index is -0.676. The zero-order valence-electron chi connectivity index (χ0n) is 18.9. The number of hydrogen-bond donors (Lipinski definition) is 3. The van der Waals surface area contributed by atoms with Crippen LogP contribution in [0.2, 0.25) is 0 Å². The number of rotatable bonds is 5. The van der Waals surface area contributed by atoms with Gasteiger partial charge in [0.25, 0.3) is 11.6 Å². The monoisotopic (exact) mass is 504 g/mol. The Kier molecular flexibility index (Phi) is 7.16. The first-order chi connectivity index (χ1) is 17.3. The molecule has 182 valence electrons. The molecule has 3 N–H and O–H groups in total. The number of nitrogens with zero attached hydrogens (tertiary/aromatic N) is 3. The molecule has 36 heavy (non-hydrogen) atoms. The van der Waals surface area contributed by atoms with Crippen molar-refractivity contribution in [2.75, 3.05) is 22.1 Å². The molecule has 0 bridgehead atoms. The predicted octanol–water partition coefficient (Wildman–Crippen LogP) is 4.18. The second-order valence-corrected chi connectivity index (χ2v) is 8.03. The SMILES string of the molecule is Cc1cccc(NC(=S)N2C(=O)COc3cc(NC(=O)N/N=C/c4ccccc4[N+](=O)[O-])ccc32)c1. The van der Waals surface area contributed by atoms with Gasteiger partial charge in [-0.1, -0.05) is 24.3 Å². The third-order valence-corrected chi connectivity index (χ3v) is 5.32. The van der Waals surface area contributed by atoms with Gasteiger partial charge in [0.1, 0.15) is 5.75 Å². The van der Waals surface area contributed by atoms with E-state index in [4.69, 9.17) is 17.0 Å². The van der Waals surface area contributed by atoms with Gasteiger partial charge in [-0.15, -0.1) is 0 Å². The largest absolute Gasteiger partial charge is 0.481 e. The number of benzene rings is 3. The lowest BCUT2D eigenvalue weighted by molar-refractivity contribution is -0.385. The summed E-state index contributed by atoms with van der Waals surface area (Å²) in [7, 11) is 0. The van der Waals surface area contributed by atoms with Crippen molar-refractivity contribution < 1.29 is 19.2 Å². The van der Waals surface area contributed by atoms with Crippen LogP contribution < -0.4 is 25.7 Å². The Hall–Kier alpha value is -4.84. The number of carbonyl (C=O) groups excluding carboxylic acids is 2. The average molecular weight is 505 g/mol. The van der Waals surface area contributed by atoms with Gasteiger partial charge in [-0.25, -0.2) is 10.2 Å². The minimum absolute atomic E-state index is 0.135. The number of nitro benzene ring substituents is 1. The Morgan fingerprint density at radius 3 is 2.67 bits per heavy atom. The molecule has 3 aromatic rings. The second kappa shape index (κ2) is 10.6. The van der Waals surface area contributed by atoms with E-state index in [0.717, 1.165) is 11.3 Å². The average Bonchev–Trinajstić information content (AvgIpc) is 2.84. The van der Waals surface area contributed by atoms with Crippen molar-refractivity contribution in [3.05, 3.63) is 88.0 Å². The van der Waals surface area contributed by atoms with E-state index in [1.165, 1.54) is 29.3 Å². The Balaban J connectivity index is 1.43. The number of thiocarbonyl (C=S) groups is 1. The van der Waals surface area contributed by atoms with Crippen LogP contribution >= 0.6 is 12.2 Å². The molecule has 0 aliphatic carbocycles. The van der Waals surface area contributed by atoms with Crippen molar-refractivity contribution in [3.8, 4) is 5.75 Å². The van der Waals surface area contributed by atoms with Crippen LogP contribution in [0.3, 0.4) is 0 Å². The molecule has 0 saturated carbocycles. The number of nitrogens with one attached hydrogen (secondary N) is 3. The summed E-state index contributed by atoms with van der Waals surface area (Å²) in [6.45, 7) is 1.73. The molecular weight excluding hydrogens is 484 g/mol. The van der Waals surface area contributed by atoms with Gasteiger partial charge in [-0.05, 0) is 55.0 Å². The van der Waals surface area contributed by atoms with Gasteiger partial charge >= 0.3 is 6.03 Å². The van der Waals surface area contributed by atoms with Crippen molar-refractivity contribution in [3.63, 3.8) is 0 Å². The number of para-hydroxylation sites is 1. The molecule has 3 amide bonds. The van der Waals surface area contributed by atoms with Crippen LogP contribution in [0.15, 0.2) is 71.8 Å². The van der Waals surface area contributed by atoms with Crippen molar-refractivity contribution in [1.29, 1.82) is 0 Å². The van der Waals surface area contributed by atoms with Gasteiger partial charge in [0.2, 0.25) is 0 Å². The zero-order chi connectivity index (χ0) is 25.7. The van der Waals surface area contributed by atoms with E-state index >= 15 is 0 Å². The quantitative estimate of drug-likeness (QED) is 0.205.